The Kier molecular flexibility index (Phi) is 5.75. The van der Waals surface area contributed by atoms with Crippen LogP contribution in [0.3, 0.4) is 0 Å². The van der Waals surface area contributed by atoms with E-state index < -0.39 is 0 Å². The van der Waals surface area contributed by atoms with Crippen LogP contribution in [0.1, 0.15) is 31.7 Å². The Bertz CT molecular complexity index is 436. The molecule has 112 valence electrons. The maximum absolute atomic E-state index is 9.60. The van der Waals surface area contributed by atoms with Crippen LogP contribution in [0.5, 0.6) is 5.75 Å². The number of aliphatic hydroxyl groups is 1. The zero-order valence-electron chi connectivity index (χ0n) is 12.6. The molecule has 0 amide bonds. The van der Waals surface area contributed by atoms with E-state index in [1.165, 1.54) is 23.3 Å². The molecule has 0 bridgehead atoms. The van der Waals surface area contributed by atoms with Crippen molar-refractivity contribution in [2.75, 3.05) is 19.9 Å². The Morgan fingerprint density at radius 1 is 1.50 bits per heavy atom. The highest BCUT2D eigenvalue weighted by molar-refractivity contribution is 7.98. The van der Waals surface area contributed by atoms with E-state index in [4.69, 9.17) is 4.74 Å². The minimum atomic E-state index is -0.210. The van der Waals surface area contributed by atoms with Crippen molar-refractivity contribution in [3.8, 4) is 5.75 Å². The van der Waals surface area contributed by atoms with Gasteiger partial charge in [0, 0.05) is 17.5 Å². The maximum Gasteiger partial charge on any atom is 0.132 e. The summed E-state index contributed by atoms with van der Waals surface area (Å²) in [4.78, 5) is 3.69. The highest BCUT2D eigenvalue weighted by atomic mass is 32.2. The summed E-state index contributed by atoms with van der Waals surface area (Å²) in [6, 6.07) is 6.95. The van der Waals surface area contributed by atoms with Gasteiger partial charge in [0.1, 0.15) is 5.75 Å². The average Bonchev–Trinajstić information content (AvgIpc) is 2.85. The van der Waals surface area contributed by atoms with Crippen LogP contribution in [0.15, 0.2) is 23.1 Å². The first-order valence-corrected chi connectivity index (χ1v) is 8.49. The van der Waals surface area contributed by atoms with Crippen molar-refractivity contribution in [3.63, 3.8) is 0 Å². The number of benzene rings is 1. The molecule has 1 aliphatic rings. The second-order valence-corrected chi connectivity index (χ2v) is 6.39. The van der Waals surface area contributed by atoms with Crippen molar-refractivity contribution in [1.29, 1.82) is 0 Å². The topological polar surface area (TPSA) is 32.7 Å². The summed E-state index contributed by atoms with van der Waals surface area (Å²) >= 11 is 1.72. The van der Waals surface area contributed by atoms with Crippen molar-refractivity contribution in [1.82, 2.24) is 4.90 Å². The largest absolute Gasteiger partial charge is 0.496 e. The van der Waals surface area contributed by atoms with Crippen molar-refractivity contribution < 1.29 is 9.84 Å². The van der Waals surface area contributed by atoms with Gasteiger partial charge in [-0.3, -0.25) is 4.90 Å². The minimum Gasteiger partial charge on any atom is -0.496 e. The molecule has 2 rings (SSSR count). The molecule has 1 aromatic carbocycles. The third-order valence-corrected chi connectivity index (χ3v) is 4.70. The molecule has 1 aliphatic heterocycles. The highest BCUT2D eigenvalue weighted by Crippen LogP contribution is 2.30. The van der Waals surface area contributed by atoms with Crippen LogP contribution >= 0.6 is 11.8 Å². The molecule has 0 aliphatic carbocycles. The zero-order valence-corrected chi connectivity index (χ0v) is 13.4. The Labute approximate surface area is 126 Å². The van der Waals surface area contributed by atoms with E-state index in [0.29, 0.717) is 6.04 Å². The monoisotopic (exact) mass is 295 g/mol. The Hall–Kier alpha value is -0.710. The smallest absolute Gasteiger partial charge is 0.132 e. The van der Waals surface area contributed by atoms with E-state index in [0.717, 1.165) is 25.3 Å². The molecule has 1 fully saturated rings. The number of ether oxygens (including phenoxy) is 1. The Morgan fingerprint density at radius 2 is 2.30 bits per heavy atom. The fraction of sp³-hybridized carbons (Fsp3) is 0.625. The molecule has 0 aromatic heterocycles. The number of methoxy groups -OCH3 is 1. The molecule has 1 heterocycles. The molecule has 0 spiro atoms. The lowest BCUT2D eigenvalue weighted by Crippen LogP contribution is -2.31. The lowest BCUT2D eigenvalue weighted by molar-refractivity contribution is 0.130. The van der Waals surface area contributed by atoms with E-state index >= 15 is 0 Å². The van der Waals surface area contributed by atoms with Crippen molar-refractivity contribution in [3.05, 3.63) is 23.8 Å². The Morgan fingerprint density at radius 3 is 2.95 bits per heavy atom. The SMILES string of the molecule is COc1ccc(CN2CCCC2CC(C)O)cc1SC. The average molecular weight is 295 g/mol. The van der Waals surface area contributed by atoms with Gasteiger partial charge in [-0.15, -0.1) is 11.8 Å². The number of hydrogen-bond donors (Lipinski definition) is 1. The van der Waals surface area contributed by atoms with E-state index in [-0.39, 0.29) is 6.10 Å². The number of hydrogen-bond acceptors (Lipinski definition) is 4. The standard InChI is InChI=1S/C16H25NO2S/c1-12(18)9-14-5-4-8-17(14)11-13-6-7-15(19-2)16(10-13)20-3/h6-7,10,12,14,18H,4-5,8-9,11H2,1-3H3. The Balaban J connectivity index is 2.05. The normalized spacial score (nSPS) is 21.1. The first-order valence-electron chi connectivity index (χ1n) is 7.27. The van der Waals surface area contributed by atoms with Gasteiger partial charge in [0.15, 0.2) is 0 Å². The van der Waals surface area contributed by atoms with E-state index in [9.17, 15) is 5.11 Å². The quantitative estimate of drug-likeness (QED) is 0.817. The van der Waals surface area contributed by atoms with Crippen LogP contribution < -0.4 is 4.74 Å². The summed E-state index contributed by atoms with van der Waals surface area (Å²) in [6.07, 6.45) is 5.19. The third kappa shape index (κ3) is 3.90. The second-order valence-electron chi connectivity index (χ2n) is 5.54. The second kappa shape index (κ2) is 7.34. The van der Waals surface area contributed by atoms with Crippen LogP contribution in [0.2, 0.25) is 0 Å². The lowest BCUT2D eigenvalue weighted by Gasteiger charge is -2.25. The van der Waals surface area contributed by atoms with Gasteiger partial charge in [0.2, 0.25) is 0 Å². The maximum atomic E-state index is 9.60. The minimum absolute atomic E-state index is 0.210. The molecule has 1 saturated heterocycles. The van der Waals surface area contributed by atoms with Crippen molar-refractivity contribution >= 4 is 11.8 Å². The first kappa shape index (κ1) is 15.7. The van der Waals surface area contributed by atoms with Crippen LogP contribution in [0, 0.1) is 0 Å². The number of likely N-dealkylation sites (tertiary alicyclic amines) is 1. The third-order valence-electron chi connectivity index (χ3n) is 3.95. The molecular formula is C16H25NO2S. The summed E-state index contributed by atoms with van der Waals surface area (Å²) in [6.45, 7) is 3.99. The molecule has 0 saturated carbocycles. The summed E-state index contributed by atoms with van der Waals surface area (Å²) in [5.74, 6) is 0.947. The number of nitrogens with zero attached hydrogens (tertiary/aromatic N) is 1. The van der Waals surface area contributed by atoms with Crippen molar-refractivity contribution in [2.24, 2.45) is 0 Å². The highest BCUT2D eigenvalue weighted by Gasteiger charge is 2.25. The van der Waals surface area contributed by atoms with E-state index in [1.54, 1.807) is 18.9 Å². The predicted molar refractivity (Wildman–Crippen MR) is 84.5 cm³/mol. The van der Waals surface area contributed by atoms with Gasteiger partial charge in [-0.25, -0.2) is 0 Å². The van der Waals surface area contributed by atoms with Gasteiger partial charge >= 0.3 is 0 Å². The van der Waals surface area contributed by atoms with Gasteiger partial charge < -0.3 is 9.84 Å². The van der Waals surface area contributed by atoms with Gasteiger partial charge in [0.05, 0.1) is 13.2 Å². The summed E-state index contributed by atoms with van der Waals surface area (Å²) in [5, 5.41) is 9.60. The fourth-order valence-electron chi connectivity index (χ4n) is 2.98. The van der Waals surface area contributed by atoms with Crippen LogP contribution in [-0.4, -0.2) is 42.1 Å². The van der Waals surface area contributed by atoms with Gasteiger partial charge in [-0.1, -0.05) is 6.07 Å². The number of rotatable bonds is 6. The molecule has 1 N–H and O–H groups in total. The van der Waals surface area contributed by atoms with Gasteiger partial charge in [0.25, 0.3) is 0 Å². The molecular weight excluding hydrogens is 270 g/mol. The molecule has 2 unspecified atom stereocenters. The lowest BCUT2D eigenvalue weighted by atomic mass is 10.1. The van der Waals surface area contributed by atoms with Gasteiger partial charge in [-0.2, -0.15) is 0 Å². The molecule has 1 aromatic rings. The summed E-state index contributed by atoms with van der Waals surface area (Å²) < 4.78 is 5.37. The summed E-state index contributed by atoms with van der Waals surface area (Å²) in [7, 11) is 1.72. The van der Waals surface area contributed by atoms with Crippen LogP contribution in [-0.2, 0) is 6.54 Å². The number of thioether (sulfide) groups is 1. The predicted octanol–water partition coefficient (Wildman–Crippen LogP) is 3.15. The van der Waals surface area contributed by atoms with Crippen LogP contribution in [0.4, 0.5) is 0 Å². The summed E-state index contributed by atoms with van der Waals surface area (Å²) in [5.41, 5.74) is 1.33. The first-order chi connectivity index (χ1) is 9.63. The van der Waals surface area contributed by atoms with Gasteiger partial charge in [-0.05, 0) is 56.7 Å². The fourth-order valence-corrected chi connectivity index (χ4v) is 3.60. The van der Waals surface area contributed by atoms with Crippen LogP contribution in [0.25, 0.3) is 0 Å². The molecule has 0 radical (unpaired) electrons. The molecule has 4 heteroatoms. The van der Waals surface area contributed by atoms with E-state index in [2.05, 4.69) is 29.4 Å². The van der Waals surface area contributed by atoms with Crippen molar-refractivity contribution in [2.45, 2.75) is 49.8 Å². The van der Waals surface area contributed by atoms with E-state index in [1.807, 2.05) is 6.92 Å². The molecule has 20 heavy (non-hydrogen) atoms. The molecule has 2 atom stereocenters. The molecule has 3 nitrogen and oxygen atoms in total. The zero-order chi connectivity index (χ0) is 14.5. The number of aliphatic hydroxyl groups excluding tert-OH is 1.